The van der Waals surface area contributed by atoms with Crippen LogP contribution in [-0.4, -0.2) is 19.6 Å². The number of esters is 1. The number of carbonyl (C=O) groups is 1. The third kappa shape index (κ3) is 5.62. The van der Waals surface area contributed by atoms with Gasteiger partial charge in [0.1, 0.15) is 0 Å². The summed E-state index contributed by atoms with van der Waals surface area (Å²) in [5.41, 5.74) is 0.949. The molecule has 0 aromatic rings. The van der Waals surface area contributed by atoms with E-state index in [9.17, 15) is 4.79 Å². The first-order valence-electron chi connectivity index (χ1n) is 5.15. The monoisotopic (exact) mass is 199 g/mol. The van der Waals surface area contributed by atoms with Crippen molar-refractivity contribution in [2.24, 2.45) is 5.92 Å². The van der Waals surface area contributed by atoms with Crippen molar-refractivity contribution in [3.8, 4) is 0 Å². The molecule has 0 unspecified atom stereocenters. The van der Waals surface area contributed by atoms with Crippen molar-refractivity contribution in [2.45, 2.75) is 33.6 Å². The smallest absolute Gasteiger partial charge is 0.332 e. The van der Waals surface area contributed by atoms with Gasteiger partial charge in [0.25, 0.3) is 0 Å². The summed E-state index contributed by atoms with van der Waals surface area (Å²) < 4.78 is 4.58. The molecule has 14 heavy (non-hydrogen) atoms. The van der Waals surface area contributed by atoms with Crippen molar-refractivity contribution in [1.82, 2.24) is 5.32 Å². The molecule has 0 radical (unpaired) electrons. The van der Waals surface area contributed by atoms with E-state index >= 15 is 0 Å². The van der Waals surface area contributed by atoms with Crippen LogP contribution in [0.2, 0.25) is 0 Å². The van der Waals surface area contributed by atoms with Gasteiger partial charge in [-0.2, -0.15) is 0 Å². The zero-order chi connectivity index (χ0) is 11.0. The minimum Gasteiger partial charge on any atom is -0.466 e. The first kappa shape index (κ1) is 13.0. The molecule has 0 rings (SSSR count). The van der Waals surface area contributed by atoms with Gasteiger partial charge in [0.15, 0.2) is 0 Å². The van der Waals surface area contributed by atoms with E-state index in [1.165, 1.54) is 13.2 Å². The Labute approximate surface area is 86.5 Å². The molecular formula is C11H21NO2. The second-order valence-electron chi connectivity index (χ2n) is 3.56. The number of hydrogen-bond acceptors (Lipinski definition) is 3. The van der Waals surface area contributed by atoms with Crippen molar-refractivity contribution < 1.29 is 9.53 Å². The summed E-state index contributed by atoms with van der Waals surface area (Å²) in [7, 11) is 1.39. The number of allylic oxidation sites excluding steroid dienone is 1. The first-order valence-corrected chi connectivity index (χ1v) is 5.15. The second kappa shape index (κ2) is 7.42. The van der Waals surface area contributed by atoms with Gasteiger partial charge < -0.3 is 10.1 Å². The number of unbranched alkanes of at least 4 members (excludes halogenated alkanes) is 1. The number of nitrogens with one attached hydrogen (secondary N) is 1. The van der Waals surface area contributed by atoms with E-state index < -0.39 is 0 Å². The van der Waals surface area contributed by atoms with Crippen LogP contribution in [0.5, 0.6) is 0 Å². The van der Waals surface area contributed by atoms with Crippen LogP contribution in [0.1, 0.15) is 33.6 Å². The quantitative estimate of drug-likeness (QED) is 0.404. The lowest BCUT2D eigenvalue weighted by Crippen LogP contribution is -2.20. The van der Waals surface area contributed by atoms with Crippen molar-refractivity contribution in [3.05, 3.63) is 11.8 Å². The molecule has 0 fully saturated rings. The number of carbonyl (C=O) groups excluding carboxylic acids is 1. The predicted octanol–water partition coefficient (Wildman–Crippen LogP) is 2.09. The molecule has 0 bridgehead atoms. The Morgan fingerprint density at radius 2 is 2.14 bits per heavy atom. The minimum absolute atomic E-state index is 0.294. The molecule has 0 saturated heterocycles. The predicted molar refractivity (Wildman–Crippen MR) is 57.8 cm³/mol. The standard InChI is InChI=1S/C11H21NO2/c1-5-6-7-12-10(9(2)3)8-11(13)14-4/h8-9,12H,5-7H2,1-4H3/b10-8-. The van der Waals surface area contributed by atoms with Crippen molar-refractivity contribution in [2.75, 3.05) is 13.7 Å². The van der Waals surface area contributed by atoms with Gasteiger partial charge in [-0.25, -0.2) is 4.79 Å². The fraction of sp³-hybridized carbons (Fsp3) is 0.727. The topological polar surface area (TPSA) is 38.3 Å². The number of rotatable bonds is 6. The van der Waals surface area contributed by atoms with Gasteiger partial charge in [-0.3, -0.25) is 0 Å². The third-order valence-corrected chi connectivity index (χ3v) is 1.96. The van der Waals surface area contributed by atoms with E-state index in [0.717, 1.165) is 25.1 Å². The zero-order valence-corrected chi connectivity index (χ0v) is 9.59. The van der Waals surface area contributed by atoms with Crippen LogP contribution in [-0.2, 0) is 9.53 Å². The molecule has 0 aliphatic heterocycles. The lowest BCUT2D eigenvalue weighted by Gasteiger charge is -2.13. The maximum atomic E-state index is 11.0. The molecule has 0 heterocycles. The molecule has 0 spiro atoms. The van der Waals surface area contributed by atoms with E-state index in [4.69, 9.17) is 0 Å². The average molecular weight is 199 g/mol. The molecule has 82 valence electrons. The Morgan fingerprint density at radius 1 is 1.50 bits per heavy atom. The molecule has 0 saturated carbocycles. The summed E-state index contributed by atoms with van der Waals surface area (Å²) in [5.74, 6) is 0.0312. The molecule has 0 aliphatic carbocycles. The summed E-state index contributed by atoms with van der Waals surface area (Å²) in [6, 6.07) is 0. The summed E-state index contributed by atoms with van der Waals surface area (Å²) in [6.07, 6.45) is 3.79. The molecule has 3 nitrogen and oxygen atoms in total. The van der Waals surface area contributed by atoms with Gasteiger partial charge in [-0.15, -0.1) is 0 Å². The Balaban J connectivity index is 4.15. The van der Waals surface area contributed by atoms with Gasteiger partial charge >= 0.3 is 5.97 Å². The fourth-order valence-corrected chi connectivity index (χ4v) is 1.02. The van der Waals surface area contributed by atoms with Crippen LogP contribution in [0.15, 0.2) is 11.8 Å². The van der Waals surface area contributed by atoms with Gasteiger partial charge in [0, 0.05) is 18.3 Å². The lowest BCUT2D eigenvalue weighted by atomic mass is 10.1. The van der Waals surface area contributed by atoms with Crippen LogP contribution in [0.4, 0.5) is 0 Å². The molecule has 0 aromatic heterocycles. The Bertz CT molecular complexity index is 197. The molecule has 0 atom stereocenters. The molecule has 0 aromatic carbocycles. The average Bonchev–Trinajstić information content (AvgIpc) is 2.16. The van der Waals surface area contributed by atoms with Crippen LogP contribution >= 0.6 is 0 Å². The maximum Gasteiger partial charge on any atom is 0.332 e. The highest BCUT2D eigenvalue weighted by molar-refractivity contribution is 5.82. The summed E-state index contributed by atoms with van der Waals surface area (Å²) >= 11 is 0. The van der Waals surface area contributed by atoms with Crippen LogP contribution in [0.3, 0.4) is 0 Å². The fourth-order valence-electron chi connectivity index (χ4n) is 1.02. The van der Waals surface area contributed by atoms with Gasteiger partial charge in [0.05, 0.1) is 7.11 Å². The van der Waals surface area contributed by atoms with Gasteiger partial charge in [-0.05, 0) is 12.3 Å². The highest BCUT2D eigenvalue weighted by Gasteiger charge is 2.05. The maximum absolute atomic E-state index is 11.0. The summed E-state index contributed by atoms with van der Waals surface area (Å²) in [4.78, 5) is 11.0. The van der Waals surface area contributed by atoms with Crippen LogP contribution in [0.25, 0.3) is 0 Å². The van der Waals surface area contributed by atoms with Crippen molar-refractivity contribution in [3.63, 3.8) is 0 Å². The Morgan fingerprint density at radius 3 is 2.57 bits per heavy atom. The normalized spacial score (nSPS) is 11.6. The van der Waals surface area contributed by atoms with Gasteiger partial charge in [0.2, 0.25) is 0 Å². The molecule has 1 N–H and O–H groups in total. The van der Waals surface area contributed by atoms with Gasteiger partial charge in [-0.1, -0.05) is 27.2 Å². The third-order valence-electron chi connectivity index (χ3n) is 1.96. The Hall–Kier alpha value is -0.990. The van der Waals surface area contributed by atoms with E-state index in [1.807, 2.05) is 13.8 Å². The SMILES string of the molecule is CCCCN/C(=C\C(=O)OC)C(C)C. The second-order valence-corrected chi connectivity index (χ2v) is 3.56. The van der Waals surface area contributed by atoms with E-state index in [-0.39, 0.29) is 5.97 Å². The molecule has 3 heteroatoms. The van der Waals surface area contributed by atoms with Crippen molar-refractivity contribution >= 4 is 5.97 Å². The summed E-state index contributed by atoms with van der Waals surface area (Å²) in [6.45, 7) is 7.15. The summed E-state index contributed by atoms with van der Waals surface area (Å²) in [5, 5.41) is 3.25. The van der Waals surface area contributed by atoms with E-state index in [1.54, 1.807) is 0 Å². The molecular weight excluding hydrogens is 178 g/mol. The van der Waals surface area contributed by atoms with E-state index in [0.29, 0.717) is 5.92 Å². The minimum atomic E-state index is -0.294. The van der Waals surface area contributed by atoms with Crippen molar-refractivity contribution in [1.29, 1.82) is 0 Å². The number of methoxy groups -OCH3 is 1. The first-order chi connectivity index (χ1) is 6.61. The largest absolute Gasteiger partial charge is 0.466 e. The van der Waals surface area contributed by atoms with E-state index in [2.05, 4.69) is 17.0 Å². The van der Waals surface area contributed by atoms with Crippen LogP contribution < -0.4 is 5.32 Å². The molecule has 0 aliphatic rings. The Kier molecular flexibility index (Phi) is 6.89. The number of hydrogen-bond donors (Lipinski definition) is 1. The highest BCUT2D eigenvalue weighted by Crippen LogP contribution is 2.06. The number of ether oxygens (including phenoxy) is 1. The molecule has 0 amide bonds. The van der Waals surface area contributed by atoms with Crippen LogP contribution in [0, 0.1) is 5.92 Å². The lowest BCUT2D eigenvalue weighted by molar-refractivity contribution is -0.134. The zero-order valence-electron chi connectivity index (χ0n) is 9.59. The highest BCUT2D eigenvalue weighted by atomic mass is 16.5.